The van der Waals surface area contributed by atoms with Gasteiger partial charge in [0.2, 0.25) is 13.9 Å². The molecule has 0 N–H and O–H groups in total. The van der Waals surface area contributed by atoms with E-state index in [4.69, 9.17) is 18.6 Å². The largest absolute Gasteiger partial charge is 0.547 e. The van der Waals surface area contributed by atoms with E-state index in [2.05, 4.69) is 0 Å². The van der Waals surface area contributed by atoms with Crippen molar-refractivity contribution in [3.8, 4) is 0 Å². The molecule has 2 aromatic carbocycles. The lowest BCUT2D eigenvalue weighted by Gasteiger charge is -2.49. The van der Waals surface area contributed by atoms with Gasteiger partial charge in [-0.1, -0.05) is 60.7 Å². The fourth-order valence-corrected chi connectivity index (χ4v) is 5.67. The zero-order valence-corrected chi connectivity index (χ0v) is 22.6. The average Bonchev–Trinajstić information content (AvgIpc) is 2.87. The highest BCUT2D eigenvalue weighted by Crippen LogP contribution is 2.54. The summed E-state index contributed by atoms with van der Waals surface area (Å²) in [5, 5.41) is 0. The van der Waals surface area contributed by atoms with Gasteiger partial charge in [-0.05, 0) is 44.6 Å². The quantitative estimate of drug-likeness (QED) is 0.269. The van der Waals surface area contributed by atoms with Crippen LogP contribution in [0.25, 0.3) is 5.76 Å². The third kappa shape index (κ3) is 5.11. The number of hydrogen-bond acceptors (Lipinski definition) is 7. The van der Waals surface area contributed by atoms with Crippen LogP contribution in [0.15, 0.2) is 78.6 Å². The van der Waals surface area contributed by atoms with Crippen molar-refractivity contribution in [2.75, 3.05) is 6.61 Å². The van der Waals surface area contributed by atoms with Crippen molar-refractivity contribution in [1.29, 1.82) is 0 Å². The van der Waals surface area contributed by atoms with Crippen LogP contribution in [0.2, 0.25) is 19.6 Å². The minimum absolute atomic E-state index is 0.0472. The molecule has 194 valence electrons. The molecule has 2 atom stereocenters. The molecule has 2 aromatic rings. The number of carbonyl (C=O) groups excluding carboxylic acids is 3. The molecule has 1 aliphatic heterocycles. The maximum Gasteiger partial charge on any atom is 0.352 e. The maximum atomic E-state index is 14.0. The van der Waals surface area contributed by atoms with Crippen molar-refractivity contribution in [3.05, 3.63) is 89.7 Å². The molecular formula is C29H32O7Si. The third-order valence-electron chi connectivity index (χ3n) is 6.38. The summed E-state index contributed by atoms with van der Waals surface area (Å²) in [6.07, 6.45) is 2.75. The first kappa shape index (κ1) is 26.4. The predicted octanol–water partition coefficient (Wildman–Crippen LogP) is 5.19. The molecule has 4 rings (SSSR count). The van der Waals surface area contributed by atoms with Crippen LogP contribution in [0.5, 0.6) is 0 Å². The van der Waals surface area contributed by atoms with E-state index < -0.39 is 37.1 Å². The molecule has 2 aliphatic rings. The van der Waals surface area contributed by atoms with E-state index in [-0.39, 0.29) is 31.8 Å². The van der Waals surface area contributed by atoms with E-state index in [1.807, 2.05) is 56.0 Å². The molecule has 0 aromatic heterocycles. The number of carbonyl (C=O) groups is 3. The summed E-state index contributed by atoms with van der Waals surface area (Å²) < 4.78 is 23.8. The number of hydrogen-bond donors (Lipinski definition) is 0. The Hall–Kier alpha value is -3.65. The van der Waals surface area contributed by atoms with E-state index in [9.17, 15) is 14.4 Å². The van der Waals surface area contributed by atoms with E-state index in [0.717, 1.165) is 5.56 Å². The zero-order chi connectivity index (χ0) is 26.7. The van der Waals surface area contributed by atoms with Gasteiger partial charge in [-0.15, -0.1) is 0 Å². The monoisotopic (exact) mass is 520 g/mol. The highest BCUT2D eigenvalue weighted by atomic mass is 28.4. The van der Waals surface area contributed by atoms with Gasteiger partial charge in [0.25, 0.3) is 0 Å². The first-order valence-corrected chi connectivity index (χ1v) is 15.8. The van der Waals surface area contributed by atoms with Gasteiger partial charge in [-0.3, -0.25) is 9.59 Å². The Bertz CT molecular complexity index is 1230. The standard InChI is InChI=1S/C29H32O7Si/c1-5-33-27(32)29-19-23(36-37(2,3)4)16-17-28(29,26(31)34-20-21-12-8-6-9-13-21)25(30)18-24(35-29)22-14-10-7-11-15-22/h6-16,18H,5,17,19-20H2,1-4H3/t28-,29+/m0/s1. The summed E-state index contributed by atoms with van der Waals surface area (Å²) in [5.74, 6) is -1.50. The fourth-order valence-electron chi connectivity index (χ4n) is 4.73. The van der Waals surface area contributed by atoms with Gasteiger partial charge in [0, 0.05) is 11.6 Å². The van der Waals surface area contributed by atoms with Gasteiger partial charge in [0.1, 0.15) is 12.4 Å². The maximum absolute atomic E-state index is 14.0. The summed E-state index contributed by atoms with van der Waals surface area (Å²) >= 11 is 0. The molecule has 0 bridgehead atoms. The molecule has 0 fully saturated rings. The van der Waals surface area contributed by atoms with E-state index in [1.54, 1.807) is 37.3 Å². The van der Waals surface area contributed by atoms with Crippen molar-refractivity contribution in [1.82, 2.24) is 0 Å². The molecule has 0 spiro atoms. The minimum Gasteiger partial charge on any atom is -0.547 e. The van der Waals surface area contributed by atoms with Gasteiger partial charge in [-0.25, -0.2) is 4.79 Å². The van der Waals surface area contributed by atoms with Crippen molar-refractivity contribution in [2.45, 2.75) is 51.6 Å². The lowest BCUT2D eigenvalue weighted by molar-refractivity contribution is -0.200. The van der Waals surface area contributed by atoms with Gasteiger partial charge in [0.05, 0.1) is 18.8 Å². The highest BCUT2D eigenvalue weighted by molar-refractivity contribution is 6.70. The number of ether oxygens (including phenoxy) is 3. The molecule has 0 unspecified atom stereocenters. The molecule has 1 aliphatic carbocycles. The Morgan fingerprint density at radius 3 is 2.22 bits per heavy atom. The number of esters is 2. The second-order valence-electron chi connectivity index (χ2n) is 10.1. The first-order valence-electron chi connectivity index (χ1n) is 12.4. The molecule has 0 amide bonds. The van der Waals surface area contributed by atoms with Crippen molar-refractivity contribution in [3.63, 3.8) is 0 Å². The van der Waals surface area contributed by atoms with Gasteiger partial charge >= 0.3 is 11.9 Å². The van der Waals surface area contributed by atoms with Crippen LogP contribution in [-0.4, -0.2) is 38.2 Å². The summed E-state index contributed by atoms with van der Waals surface area (Å²) in [7, 11) is -2.09. The number of fused-ring (bicyclic) bond motifs is 1. The topological polar surface area (TPSA) is 88.1 Å². The van der Waals surface area contributed by atoms with Crippen molar-refractivity contribution >= 4 is 31.8 Å². The number of ketones is 1. The summed E-state index contributed by atoms with van der Waals surface area (Å²) in [4.78, 5) is 41.6. The number of benzene rings is 2. The van der Waals surface area contributed by atoms with Crippen LogP contribution in [-0.2, 0) is 39.6 Å². The predicted molar refractivity (Wildman–Crippen MR) is 140 cm³/mol. The second-order valence-corrected chi connectivity index (χ2v) is 14.6. The first-order chi connectivity index (χ1) is 17.6. The normalized spacial score (nSPS) is 23.1. The van der Waals surface area contributed by atoms with Crippen LogP contribution < -0.4 is 0 Å². The SMILES string of the molecule is CCOC(=O)[C@]12CC(O[Si](C)(C)C)=CC[C@@]1(C(=O)OCc1ccccc1)C(=O)C=C(c1ccccc1)O2. The third-order valence-corrected chi connectivity index (χ3v) is 7.25. The zero-order valence-electron chi connectivity index (χ0n) is 21.6. The molecule has 7 nitrogen and oxygen atoms in total. The Morgan fingerprint density at radius 2 is 1.59 bits per heavy atom. The van der Waals surface area contributed by atoms with Crippen LogP contribution >= 0.6 is 0 Å². The lowest BCUT2D eigenvalue weighted by Crippen LogP contribution is -2.66. The Kier molecular flexibility index (Phi) is 7.41. The minimum atomic E-state index is -2.09. The van der Waals surface area contributed by atoms with Crippen LogP contribution in [0.1, 0.15) is 30.9 Å². The molecule has 37 heavy (non-hydrogen) atoms. The smallest absolute Gasteiger partial charge is 0.352 e. The van der Waals surface area contributed by atoms with Crippen LogP contribution in [0.4, 0.5) is 0 Å². The molecule has 0 saturated heterocycles. The van der Waals surface area contributed by atoms with Crippen molar-refractivity contribution in [2.24, 2.45) is 5.41 Å². The van der Waals surface area contributed by atoms with Crippen molar-refractivity contribution < 1.29 is 33.0 Å². The lowest BCUT2D eigenvalue weighted by atomic mass is 9.60. The van der Waals surface area contributed by atoms with Gasteiger partial charge < -0.3 is 18.6 Å². The average molecular weight is 521 g/mol. The van der Waals surface area contributed by atoms with Gasteiger partial charge in [-0.2, -0.15) is 0 Å². The Balaban J connectivity index is 1.84. The Morgan fingerprint density at radius 1 is 0.946 bits per heavy atom. The fraction of sp³-hybridized carbons (Fsp3) is 0.345. The van der Waals surface area contributed by atoms with Crippen LogP contribution in [0.3, 0.4) is 0 Å². The Labute approximate surface area is 218 Å². The molecule has 0 radical (unpaired) electrons. The summed E-state index contributed by atoms with van der Waals surface area (Å²) in [6, 6.07) is 18.1. The van der Waals surface area contributed by atoms with E-state index in [1.165, 1.54) is 6.08 Å². The second kappa shape index (κ2) is 10.4. The molecular weight excluding hydrogens is 488 g/mol. The number of rotatable bonds is 8. The summed E-state index contributed by atoms with van der Waals surface area (Å²) in [5.41, 5.74) is -2.59. The van der Waals surface area contributed by atoms with E-state index in [0.29, 0.717) is 11.3 Å². The summed E-state index contributed by atoms with van der Waals surface area (Å²) in [6.45, 7) is 7.71. The number of allylic oxidation sites excluding steroid dienone is 2. The van der Waals surface area contributed by atoms with Crippen LogP contribution in [0, 0.1) is 5.41 Å². The van der Waals surface area contributed by atoms with E-state index >= 15 is 0 Å². The molecule has 8 heteroatoms. The molecule has 0 saturated carbocycles. The molecule has 1 heterocycles. The van der Waals surface area contributed by atoms with Gasteiger partial charge in [0.15, 0.2) is 11.2 Å². The highest BCUT2D eigenvalue weighted by Gasteiger charge is 2.72.